The standard InChI is InChI=1S/C11H13NO4/c12-9(11(14)15)6-7-10(13)16-8-4-2-1-3-5-8/h1-5,9H,6-7,12H2,(H,14,15). The van der Waals surface area contributed by atoms with E-state index in [1.165, 1.54) is 0 Å². The molecular formula is C11H13NO4. The monoisotopic (exact) mass is 223 g/mol. The van der Waals surface area contributed by atoms with E-state index in [-0.39, 0.29) is 12.8 Å². The van der Waals surface area contributed by atoms with Gasteiger partial charge in [0.05, 0.1) is 0 Å². The van der Waals surface area contributed by atoms with E-state index >= 15 is 0 Å². The minimum Gasteiger partial charge on any atom is -0.480 e. The highest BCUT2D eigenvalue weighted by Crippen LogP contribution is 2.10. The van der Waals surface area contributed by atoms with Crippen LogP contribution in [0.15, 0.2) is 30.3 Å². The van der Waals surface area contributed by atoms with Crippen LogP contribution < -0.4 is 10.5 Å². The van der Waals surface area contributed by atoms with E-state index < -0.39 is 18.0 Å². The summed E-state index contributed by atoms with van der Waals surface area (Å²) in [6, 6.07) is 7.56. The number of carbonyl (C=O) groups excluding carboxylic acids is 1. The number of carboxylic acids is 1. The molecule has 5 nitrogen and oxygen atoms in total. The second kappa shape index (κ2) is 5.87. The van der Waals surface area contributed by atoms with Crippen LogP contribution in [0.1, 0.15) is 12.8 Å². The third kappa shape index (κ3) is 4.10. The molecule has 86 valence electrons. The van der Waals surface area contributed by atoms with Gasteiger partial charge in [-0.15, -0.1) is 0 Å². The zero-order valence-corrected chi connectivity index (χ0v) is 8.63. The Labute approximate surface area is 92.8 Å². The van der Waals surface area contributed by atoms with Crippen molar-refractivity contribution in [2.75, 3.05) is 0 Å². The molecule has 0 aliphatic carbocycles. The summed E-state index contributed by atoms with van der Waals surface area (Å²) in [4.78, 5) is 21.7. The molecule has 1 atom stereocenters. The quantitative estimate of drug-likeness (QED) is 0.568. The second-order valence-corrected chi connectivity index (χ2v) is 3.27. The van der Waals surface area contributed by atoms with Crippen molar-refractivity contribution in [1.29, 1.82) is 0 Å². The third-order valence-electron chi connectivity index (χ3n) is 1.95. The molecule has 1 aromatic carbocycles. The molecule has 5 heteroatoms. The minimum absolute atomic E-state index is 0.0115. The van der Waals surface area contributed by atoms with Crippen LogP contribution in [0.25, 0.3) is 0 Å². The minimum atomic E-state index is -1.12. The molecule has 1 rings (SSSR count). The van der Waals surface area contributed by atoms with Gasteiger partial charge >= 0.3 is 11.9 Å². The van der Waals surface area contributed by atoms with Crippen molar-refractivity contribution >= 4 is 11.9 Å². The molecule has 0 fully saturated rings. The molecule has 1 aromatic rings. The fraction of sp³-hybridized carbons (Fsp3) is 0.273. The summed E-state index contributed by atoms with van der Waals surface area (Å²) in [5, 5.41) is 8.51. The number of esters is 1. The highest BCUT2D eigenvalue weighted by atomic mass is 16.5. The lowest BCUT2D eigenvalue weighted by molar-refractivity contribution is -0.139. The molecule has 0 heterocycles. The van der Waals surface area contributed by atoms with Gasteiger partial charge in [-0.2, -0.15) is 0 Å². The fourth-order valence-corrected chi connectivity index (χ4v) is 1.07. The first-order chi connectivity index (χ1) is 7.59. The molecule has 0 aromatic heterocycles. The van der Waals surface area contributed by atoms with Gasteiger partial charge in [0.2, 0.25) is 0 Å². The van der Waals surface area contributed by atoms with Crippen molar-refractivity contribution in [2.24, 2.45) is 5.73 Å². The average molecular weight is 223 g/mol. The molecule has 0 aliphatic heterocycles. The number of benzene rings is 1. The van der Waals surface area contributed by atoms with Gasteiger partial charge in [0.25, 0.3) is 0 Å². The van der Waals surface area contributed by atoms with Crippen LogP contribution in [-0.4, -0.2) is 23.1 Å². The molecule has 0 radical (unpaired) electrons. The Balaban J connectivity index is 2.35. The van der Waals surface area contributed by atoms with Crippen LogP contribution in [-0.2, 0) is 9.59 Å². The topological polar surface area (TPSA) is 89.6 Å². The number of aliphatic carboxylic acids is 1. The number of rotatable bonds is 5. The van der Waals surface area contributed by atoms with Crippen molar-refractivity contribution in [3.8, 4) is 5.75 Å². The first kappa shape index (κ1) is 12.2. The number of carboxylic acid groups (broad SMARTS) is 1. The van der Waals surface area contributed by atoms with Crippen LogP contribution in [0.4, 0.5) is 0 Å². The Hall–Kier alpha value is -1.88. The van der Waals surface area contributed by atoms with E-state index in [2.05, 4.69) is 0 Å². The lowest BCUT2D eigenvalue weighted by Crippen LogP contribution is -2.31. The molecule has 3 N–H and O–H groups in total. The lowest BCUT2D eigenvalue weighted by atomic mass is 10.2. The van der Waals surface area contributed by atoms with E-state index in [0.717, 1.165) is 0 Å². The second-order valence-electron chi connectivity index (χ2n) is 3.27. The Morgan fingerprint density at radius 1 is 1.31 bits per heavy atom. The molecule has 0 aliphatic rings. The zero-order valence-electron chi connectivity index (χ0n) is 8.63. The van der Waals surface area contributed by atoms with Crippen molar-refractivity contribution in [3.05, 3.63) is 30.3 Å². The molecular weight excluding hydrogens is 210 g/mol. The van der Waals surface area contributed by atoms with Gasteiger partial charge in [-0.25, -0.2) is 0 Å². The molecule has 0 saturated heterocycles. The van der Waals surface area contributed by atoms with Gasteiger partial charge in [0, 0.05) is 6.42 Å². The van der Waals surface area contributed by atoms with Crippen LogP contribution in [0.5, 0.6) is 5.75 Å². The largest absolute Gasteiger partial charge is 0.480 e. The Morgan fingerprint density at radius 3 is 2.50 bits per heavy atom. The van der Waals surface area contributed by atoms with E-state index in [1.54, 1.807) is 30.3 Å². The van der Waals surface area contributed by atoms with Crippen LogP contribution in [0.3, 0.4) is 0 Å². The number of hydrogen-bond acceptors (Lipinski definition) is 4. The smallest absolute Gasteiger partial charge is 0.320 e. The van der Waals surface area contributed by atoms with Gasteiger partial charge in [0.1, 0.15) is 11.8 Å². The van der Waals surface area contributed by atoms with Crippen LogP contribution in [0.2, 0.25) is 0 Å². The van der Waals surface area contributed by atoms with Crippen LogP contribution >= 0.6 is 0 Å². The predicted octanol–water partition coefficient (Wildman–Crippen LogP) is 0.784. The Bertz CT molecular complexity index is 364. The summed E-state index contributed by atoms with van der Waals surface area (Å²) in [6.45, 7) is 0. The van der Waals surface area contributed by atoms with Gasteiger partial charge < -0.3 is 15.6 Å². The lowest BCUT2D eigenvalue weighted by Gasteiger charge is -2.06. The maximum Gasteiger partial charge on any atom is 0.320 e. The summed E-state index contributed by atoms with van der Waals surface area (Å²) >= 11 is 0. The number of para-hydroxylation sites is 1. The summed E-state index contributed by atoms with van der Waals surface area (Å²) in [6.07, 6.45) is 0.0589. The van der Waals surface area contributed by atoms with Gasteiger partial charge in [-0.3, -0.25) is 9.59 Å². The summed E-state index contributed by atoms with van der Waals surface area (Å²) in [7, 11) is 0. The fourth-order valence-electron chi connectivity index (χ4n) is 1.07. The molecule has 1 unspecified atom stereocenters. The Kier molecular flexibility index (Phi) is 4.47. The number of nitrogens with two attached hydrogens (primary N) is 1. The van der Waals surface area contributed by atoms with Crippen molar-refractivity contribution in [1.82, 2.24) is 0 Å². The molecule has 0 amide bonds. The number of ether oxygens (including phenoxy) is 1. The first-order valence-electron chi connectivity index (χ1n) is 4.83. The van der Waals surface area contributed by atoms with Gasteiger partial charge in [-0.1, -0.05) is 18.2 Å². The van der Waals surface area contributed by atoms with Crippen LogP contribution in [0, 0.1) is 0 Å². The van der Waals surface area contributed by atoms with Gasteiger partial charge in [0.15, 0.2) is 0 Å². The highest BCUT2D eigenvalue weighted by Gasteiger charge is 2.14. The summed E-state index contributed by atoms with van der Waals surface area (Å²) < 4.78 is 4.96. The maximum atomic E-state index is 11.3. The van der Waals surface area contributed by atoms with E-state index in [9.17, 15) is 9.59 Å². The van der Waals surface area contributed by atoms with E-state index in [4.69, 9.17) is 15.6 Å². The summed E-state index contributed by atoms with van der Waals surface area (Å²) in [5.41, 5.74) is 5.25. The number of hydrogen-bond donors (Lipinski definition) is 2. The van der Waals surface area contributed by atoms with E-state index in [1.807, 2.05) is 0 Å². The molecule has 0 spiro atoms. The first-order valence-corrected chi connectivity index (χ1v) is 4.83. The normalized spacial score (nSPS) is 11.8. The molecule has 0 bridgehead atoms. The SMILES string of the molecule is NC(CCC(=O)Oc1ccccc1)C(=O)O. The third-order valence-corrected chi connectivity index (χ3v) is 1.95. The molecule has 0 saturated carbocycles. The van der Waals surface area contributed by atoms with E-state index in [0.29, 0.717) is 5.75 Å². The highest BCUT2D eigenvalue weighted by molar-refractivity contribution is 5.76. The van der Waals surface area contributed by atoms with Gasteiger partial charge in [-0.05, 0) is 18.6 Å². The summed E-state index contributed by atoms with van der Waals surface area (Å²) in [5.74, 6) is -1.16. The van der Waals surface area contributed by atoms with Crippen molar-refractivity contribution in [2.45, 2.75) is 18.9 Å². The Morgan fingerprint density at radius 2 is 1.94 bits per heavy atom. The number of carbonyl (C=O) groups is 2. The maximum absolute atomic E-state index is 11.3. The van der Waals surface area contributed by atoms with Crippen molar-refractivity contribution < 1.29 is 19.4 Å². The van der Waals surface area contributed by atoms with Crippen molar-refractivity contribution in [3.63, 3.8) is 0 Å². The molecule has 16 heavy (non-hydrogen) atoms. The predicted molar refractivity (Wildman–Crippen MR) is 56.9 cm³/mol. The average Bonchev–Trinajstić information content (AvgIpc) is 2.27. The zero-order chi connectivity index (χ0) is 12.0.